The molecule has 1 aromatic carbocycles. The molecule has 2 heterocycles. The Bertz CT molecular complexity index is 699. The van der Waals surface area contributed by atoms with E-state index in [2.05, 4.69) is 46.4 Å². The first kappa shape index (κ1) is 11.7. The van der Waals surface area contributed by atoms with Gasteiger partial charge in [0.05, 0.1) is 5.69 Å². The average molecular weight is 249 g/mol. The lowest BCUT2D eigenvalue weighted by Gasteiger charge is -2.04. The Labute approximate surface area is 112 Å². The normalized spacial score (nSPS) is 10.6. The summed E-state index contributed by atoms with van der Waals surface area (Å²) in [5, 5.41) is 7.50. The quantitative estimate of drug-likeness (QED) is 0.751. The van der Waals surface area contributed by atoms with Crippen LogP contribution in [0.25, 0.3) is 22.5 Å². The molecule has 1 N–H and O–H groups in total. The number of nitrogens with zero attached hydrogens (tertiary/aromatic N) is 2. The van der Waals surface area contributed by atoms with Crippen LogP contribution in [0.15, 0.2) is 48.7 Å². The van der Waals surface area contributed by atoms with E-state index in [1.165, 1.54) is 5.56 Å². The largest absolute Gasteiger partial charge is 0.282 e. The molecule has 0 radical (unpaired) electrons. The van der Waals surface area contributed by atoms with Crippen LogP contribution in [0.1, 0.15) is 11.3 Å². The maximum absolute atomic E-state index is 4.44. The van der Waals surface area contributed by atoms with Crippen LogP contribution >= 0.6 is 0 Å². The average Bonchev–Trinajstić information content (AvgIpc) is 2.82. The molecule has 3 aromatic rings. The summed E-state index contributed by atoms with van der Waals surface area (Å²) in [6, 6.07) is 14.3. The molecule has 0 fully saturated rings. The molecule has 0 aliphatic carbocycles. The van der Waals surface area contributed by atoms with Crippen LogP contribution in [0.4, 0.5) is 0 Å². The lowest BCUT2D eigenvalue weighted by atomic mass is 10.0. The van der Waals surface area contributed by atoms with Crippen LogP contribution < -0.4 is 0 Å². The first-order valence-electron chi connectivity index (χ1n) is 6.29. The Kier molecular flexibility index (Phi) is 2.88. The summed E-state index contributed by atoms with van der Waals surface area (Å²) in [6.45, 7) is 4.11. The summed E-state index contributed by atoms with van der Waals surface area (Å²) in [5.74, 6) is 0. The van der Waals surface area contributed by atoms with Crippen molar-refractivity contribution < 1.29 is 0 Å². The van der Waals surface area contributed by atoms with Gasteiger partial charge >= 0.3 is 0 Å². The highest BCUT2D eigenvalue weighted by molar-refractivity contribution is 5.80. The van der Waals surface area contributed by atoms with Gasteiger partial charge < -0.3 is 0 Å². The van der Waals surface area contributed by atoms with Gasteiger partial charge in [-0.05, 0) is 32.0 Å². The highest BCUT2D eigenvalue weighted by Gasteiger charge is 2.14. The van der Waals surface area contributed by atoms with Crippen LogP contribution in [0.3, 0.4) is 0 Å². The number of aromatic nitrogens is 3. The second kappa shape index (κ2) is 4.69. The summed E-state index contributed by atoms with van der Waals surface area (Å²) in [6.07, 6.45) is 1.81. The van der Waals surface area contributed by atoms with E-state index in [0.29, 0.717) is 0 Å². The Morgan fingerprint density at radius 2 is 1.89 bits per heavy atom. The highest BCUT2D eigenvalue weighted by Crippen LogP contribution is 2.31. The topological polar surface area (TPSA) is 41.6 Å². The van der Waals surface area contributed by atoms with Gasteiger partial charge in [0.25, 0.3) is 0 Å². The second-order valence-electron chi connectivity index (χ2n) is 4.66. The van der Waals surface area contributed by atoms with Crippen molar-refractivity contribution in [1.29, 1.82) is 0 Å². The van der Waals surface area contributed by atoms with Gasteiger partial charge in [-0.15, -0.1) is 0 Å². The fourth-order valence-electron chi connectivity index (χ4n) is 2.25. The number of rotatable bonds is 2. The zero-order chi connectivity index (χ0) is 13.2. The Morgan fingerprint density at radius 3 is 2.63 bits per heavy atom. The molecule has 0 atom stereocenters. The van der Waals surface area contributed by atoms with Gasteiger partial charge in [-0.2, -0.15) is 5.10 Å². The third kappa shape index (κ3) is 2.15. The number of H-pyrrole nitrogens is 1. The minimum atomic E-state index is 0.949. The molecule has 2 aromatic heterocycles. The molecule has 0 bridgehead atoms. The molecule has 0 saturated carbocycles. The van der Waals surface area contributed by atoms with Crippen molar-refractivity contribution in [2.45, 2.75) is 13.8 Å². The molecule has 0 amide bonds. The van der Waals surface area contributed by atoms with Crippen LogP contribution in [0.2, 0.25) is 0 Å². The van der Waals surface area contributed by atoms with Crippen LogP contribution in [0, 0.1) is 13.8 Å². The van der Waals surface area contributed by atoms with Gasteiger partial charge in [0.2, 0.25) is 0 Å². The maximum Gasteiger partial charge on any atom is 0.102 e. The summed E-state index contributed by atoms with van der Waals surface area (Å²) >= 11 is 0. The molecule has 0 saturated heterocycles. The summed E-state index contributed by atoms with van der Waals surface area (Å²) in [4.78, 5) is 4.43. The van der Waals surface area contributed by atoms with E-state index < -0.39 is 0 Å². The maximum atomic E-state index is 4.44. The predicted molar refractivity (Wildman–Crippen MR) is 76.7 cm³/mol. The standard InChI is InChI=1S/C16H15N3/c1-11-6-5-7-13(10-11)16-15(12(2)18-19-16)14-8-3-4-9-17-14/h3-10H,1-2H3,(H,18,19). The Hall–Kier alpha value is -2.42. The van der Waals surface area contributed by atoms with Crippen molar-refractivity contribution in [1.82, 2.24) is 15.2 Å². The Morgan fingerprint density at radius 1 is 1.00 bits per heavy atom. The van der Waals surface area contributed by atoms with E-state index in [0.717, 1.165) is 28.2 Å². The van der Waals surface area contributed by atoms with E-state index in [4.69, 9.17) is 0 Å². The fourth-order valence-corrected chi connectivity index (χ4v) is 2.25. The predicted octanol–water partition coefficient (Wildman–Crippen LogP) is 3.76. The number of aromatic amines is 1. The van der Waals surface area contributed by atoms with Crippen molar-refractivity contribution >= 4 is 0 Å². The third-order valence-corrected chi connectivity index (χ3v) is 3.16. The van der Waals surface area contributed by atoms with Crippen molar-refractivity contribution in [2.75, 3.05) is 0 Å². The molecular formula is C16H15N3. The van der Waals surface area contributed by atoms with Gasteiger partial charge in [0.1, 0.15) is 5.69 Å². The molecule has 0 unspecified atom stereocenters. The number of pyridine rings is 1. The number of nitrogens with one attached hydrogen (secondary N) is 1. The van der Waals surface area contributed by atoms with Gasteiger partial charge in [-0.1, -0.05) is 29.8 Å². The molecule has 0 spiro atoms. The molecule has 94 valence electrons. The van der Waals surface area contributed by atoms with Crippen LogP contribution in [-0.2, 0) is 0 Å². The first-order valence-corrected chi connectivity index (χ1v) is 6.29. The lowest BCUT2D eigenvalue weighted by molar-refractivity contribution is 1.05. The molecule has 0 aliphatic rings. The first-order chi connectivity index (χ1) is 9.25. The van der Waals surface area contributed by atoms with E-state index in [1.54, 1.807) is 0 Å². The fraction of sp³-hybridized carbons (Fsp3) is 0.125. The van der Waals surface area contributed by atoms with Crippen molar-refractivity contribution in [2.24, 2.45) is 0 Å². The van der Waals surface area contributed by atoms with Gasteiger partial charge in [0, 0.05) is 23.0 Å². The smallest absolute Gasteiger partial charge is 0.102 e. The highest BCUT2D eigenvalue weighted by atomic mass is 15.1. The SMILES string of the molecule is Cc1cccc(-c2n[nH]c(C)c2-c2ccccn2)c1. The van der Waals surface area contributed by atoms with E-state index in [-0.39, 0.29) is 0 Å². The second-order valence-corrected chi connectivity index (χ2v) is 4.66. The van der Waals surface area contributed by atoms with E-state index >= 15 is 0 Å². The van der Waals surface area contributed by atoms with Gasteiger partial charge in [-0.25, -0.2) is 0 Å². The van der Waals surface area contributed by atoms with Crippen molar-refractivity contribution in [3.8, 4) is 22.5 Å². The monoisotopic (exact) mass is 249 g/mol. The molecule has 19 heavy (non-hydrogen) atoms. The van der Waals surface area contributed by atoms with Crippen LogP contribution in [0.5, 0.6) is 0 Å². The lowest BCUT2D eigenvalue weighted by Crippen LogP contribution is -1.87. The minimum Gasteiger partial charge on any atom is -0.282 e. The Balaban J connectivity index is 2.19. The molecular weight excluding hydrogens is 234 g/mol. The van der Waals surface area contributed by atoms with Crippen molar-refractivity contribution in [3.05, 3.63) is 59.9 Å². The van der Waals surface area contributed by atoms with Gasteiger partial charge in [0.15, 0.2) is 0 Å². The molecule has 3 nitrogen and oxygen atoms in total. The van der Waals surface area contributed by atoms with Gasteiger partial charge in [-0.3, -0.25) is 10.1 Å². The molecule has 3 rings (SSSR count). The molecule has 3 heteroatoms. The zero-order valence-electron chi connectivity index (χ0n) is 11.0. The van der Waals surface area contributed by atoms with E-state index in [1.807, 2.05) is 31.3 Å². The zero-order valence-corrected chi connectivity index (χ0v) is 11.0. The number of hydrogen-bond acceptors (Lipinski definition) is 2. The number of benzene rings is 1. The number of hydrogen-bond donors (Lipinski definition) is 1. The van der Waals surface area contributed by atoms with Crippen molar-refractivity contribution in [3.63, 3.8) is 0 Å². The third-order valence-electron chi connectivity index (χ3n) is 3.16. The molecule has 0 aliphatic heterocycles. The summed E-state index contributed by atoms with van der Waals surface area (Å²) in [7, 11) is 0. The minimum absolute atomic E-state index is 0.949. The number of aryl methyl sites for hydroxylation is 2. The summed E-state index contributed by atoms with van der Waals surface area (Å²) in [5.41, 5.74) is 6.36. The van der Waals surface area contributed by atoms with E-state index in [9.17, 15) is 0 Å². The van der Waals surface area contributed by atoms with Crippen LogP contribution in [-0.4, -0.2) is 15.2 Å². The summed E-state index contributed by atoms with van der Waals surface area (Å²) < 4.78 is 0.